The number of methoxy groups -OCH3 is 1. The number of imidazole rings is 1. The third kappa shape index (κ3) is 4.91. The van der Waals surface area contributed by atoms with Crippen molar-refractivity contribution in [3.63, 3.8) is 0 Å². The fraction of sp³-hybridized carbons (Fsp3) is 0.364. The molecule has 11 heteroatoms. The number of nitriles is 1. The van der Waals surface area contributed by atoms with Crippen LogP contribution < -0.4 is 20.3 Å². The highest BCUT2D eigenvalue weighted by molar-refractivity contribution is 7.87. The van der Waals surface area contributed by atoms with Crippen molar-refractivity contribution in [1.82, 2.24) is 13.9 Å². The fourth-order valence-corrected chi connectivity index (χ4v) is 5.51. The quantitative estimate of drug-likeness (QED) is 0.549. The van der Waals surface area contributed by atoms with E-state index in [1.54, 1.807) is 39.5 Å². The zero-order valence-electron chi connectivity index (χ0n) is 18.0. The molecule has 1 fully saturated rings. The molecular weight excluding hydrogens is 466 g/mol. The van der Waals surface area contributed by atoms with Crippen LogP contribution in [-0.2, 0) is 16.8 Å². The second-order valence-corrected chi connectivity index (χ2v) is 9.92. The van der Waals surface area contributed by atoms with E-state index < -0.39 is 10.2 Å². The number of nitrogens with zero attached hydrogens (tertiary/aromatic N) is 3. The summed E-state index contributed by atoms with van der Waals surface area (Å²) in [4.78, 5) is 13.6. The zero-order valence-corrected chi connectivity index (χ0v) is 19.6. The van der Waals surface area contributed by atoms with Gasteiger partial charge in [0.2, 0.25) is 0 Å². The monoisotopic (exact) mass is 489 g/mol. The SMILES string of the molecule is COc1ccc(Cn2c(=O)n(C3CCC(NS(N)(=O)=O)CC3)c3ccc(C#N)cc32)cc1Cl. The molecule has 1 aliphatic carbocycles. The van der Waals surface area contributed by atoms with Crippen LogP contribution in [0.15, 0.2) is 41.2 Å². The summed E-state index contributed by atoms with van der Waals surface area (Å²) in [7, 11) is -2.23. The summed E-state index contributed by atoms with van der Waals surface area (Å²) in [5.41, 5.74) is 2.50. The number of halogens is 1. The van der Waals surface area contributed by atoms with Crippen LogP contribution in [0.25, 0.3) is 11.0 Å². The predicted octanol–water partition coefficient (Wildman–Crippen LogP) is 2.66. The summed E-state index contributed by atoms with van der Waals surface area (Å²) in [6.07, 6.45) is 2.40. The van der Waals surface area contributed by atoms with Gasteiger partial charge in [-0.3, -0.25) is 9.13 Å². The molecule has 0 unspecified atom stereocenters. The van der Waals surface area contributed by atoms with Crippen molar-refractivity contribution in [2.75, 3.05) is 7.11 Å². The van der Waals surface area contributed by atoms with Gasteiger partial charge < -0.3 is 4.74 Å². The largest absolute Gasteiger partial charge is 0.495 e. The number of fused-ring (bicyclic) bond motifs is 1. The van der Waals surface area contributed by atoms with Gasteiger partial charge in [0.25, 0.3) is 10.2 Å². The summed E-state index contributed by atoms with van der Waals surface area (Å²) in [5, 5.41) is 14.9. The number of nitrogens with two attached hydrogens (primary N) is 1. The van der Waals surface area contributed by atoms with E-state index in [4.69, 9.17) is 21.5 Å². The van der Waals surface area contributed by atoms with E-state index in [-0.39, 0.29) is 24.3 Å². The van der Waals surface area contributed by atoms with Gasteiger partial charge in [-0.15, -0.1) is 0 Å². The molecule has 3 N–H and O–H groups in total. The number of aromatic nitrogens is 2. The molecule has 1 saturated carbocycles. The molecule has 0 saturated heterocycles. The van der Waals surface area contributed by atoms with Crippen LogP contribution in [0.3, 0.4) is 0 Å². The molecule has 174 valence electrons. The van der Waals surface area contributed by atoms with Crippen LogP contribution >= 0.6 is 11.6 Å². The van der Waals surface area contributed by atoms with Crippen LogP contribution in [0, 0.1) is 11.3 Å². The lowest BCUT2D eigenvalue weighted by Crippen LogP contribution is -2.42. The Balaban J connectivity index is 1.71. The predicted molar refractivity (Wildman–Crippen MR) is 126 cm³/mol. The minimum Gasteiger partial charge on any atom is -0.495 e. The molecule has 2 aromatic carbocycles. The number of hydrogen-bond acceptors (Lipinski definition) is 5. The fourth-order valence-electron chi connectivity index (χ4n) is 4.53. The van der Waals surface area contributed by atoms with Gasteiger partial charge in [-0.25, -0.2) is 9.93 Å². The summed E-state index contributed by atoms with van der Waals surface area (Å²) in [5.74, 6) is 0.548. The first kappa shape index (κ1) is 23.3. The molecule has 0 radical (unpaired) electrons. The van der Waals surface area contributed by atoms with Gasteiger partial charge in [-0.2, -0.15) is 18.4 Å². The van der Waals surface area contributed by atoms with Crippen molar-refractivity contribution in [3.8, 4) is 11.8 Å². The maximum atomic E-state index is 13.6. The molecule has 3 aromatic rings. The molecule has 0 spiro atoms. The highest BCUT2D eigenvalue weighted by Gasteiger charge is 2.28. The summed E-state index contributed by atoms with van der Waals surface area (Å²) >= 11 is 6.27. The Morgan fingerprint density at radius 2 is 1.91 bits per heavy atom. The molecule has 0 aliphatic heterocycles. The normalized spacial score (nSPS) is 18.8. The van der Waals surface area contributed by atoms with Crippen molar-refractivity contribution >= 4 is 32.8 Å². The highest BCUT2D eigenvalue weighted by atomic mass is 35.5. The average Bonchev–Trinajstić information content (AvgIpc) is 3.04. The van der Waals surface area contributed by atoms with Crippen molar-refractivity contribution in [3.05, 3.63) is 63.0 Å². The smallest absolute Gasteiger partial charge is 0.329 e. The van der Waals surface area contributed by atoms with E-state index in [1.807, 2.05) is 6.07 Å². The van der Waals surface area contributed by atoms with Crippen LogP contribution in [0.4, 0.5) is 0 Å². The minimum absolute atomic E-state index is 0.0906. The Morgan fingerprint density at radius 3 is 2.52 bits per heavy atom. The van der Waals surface area contributed by atoms with Gasteiger partial charge in [0.05, 0.1) is 41.3 Å². The van der Waals surface area contributed by atoms with Gasteiger partial charge >= 0.3 is 5.69 Å². The van der Waals surface area contributed by atoms with Crippen molar-refractivity contribution < 1.29 is 13.2 Å². The van der Waals surface area contributed by atoms with Gasteiger partial charge in [0, 0.05) is 12.1 Å². The molecule has 4 rings (SSSR count). The van der Waals surface area contributed by atoms with Crippen LogP contribution in [0.1, 0.15) is 42.9 Å². The average molecular weight is 490 g/mol. The third-order valence-corrected chi connectivity index (χ3v) is 7.00. The maximum Gasteiger partial charge on any atom is 0.329 e. The zero-order chi connectivity index (χ0) is 23.8. The second-order valence-electron chi connectivity index (χ2n) is 8.19. The lowest BCUT2D eigenvalue weighted by Gasteiger charge is -2.29. The van der Waals surface area contributed by atoms with Gasteiger partial charge in [0.15, 0.2) is 0 Å². The van der Waals surface area contributed by atoms with E-state index in [1.165, 1.54) is 7.11 Å². The first-order chi connectivity index (χ1) is 15.7. The number of nitrogens with one attached hydrogen (secondary N) is 1. The highest BCUT2D eigenvalue weighted by Crippen LogP contribution is 2.31. The lowest BCUT2D eigenvalue weighted by atomic mass is 9.91. The standard InChI is InChI=1S/C22H24ClN5O4S/c1-32-21-9-3-15(10-18(21)23)13-27-20-11-14(12-24)2-8-19(20)28(22(27)29)17-6-4-16(5-7-17)26-33(25,30)31/h2-3,8-11,16-17,26H,4-7,13H2,1H3,(H2,25,30,31). The summed E-state index contributed by atoms with van der Waals surface area (Å²) in [6, 6.07) is 12.4. The van der Waals surface area contributed by atoms with E-state index in [2.05, 4.69) is 10.8 Å². The Bertz CT molecular complexity index is 1400. The summed E-state index contributed by atoms with van der Waals surface area (Å²) < 4.78 is 33.7. The Morgan fingerprint density at radius 1 is 1.18 bits per heavy atom. The van der Waals surface area contributed by atoms with E-state index in [0.717, 1.165) is 11.1 Å². The number of rotatable bonds is 6. The molecule has 33 heavy (non-hydrogen) atoms. The van der Waals surface area contributed by atoms with E-state index >= 15 is 0 Å². The van der Waals surface area contributed by atoms with Crippen LogP contribution in [0.2, 0.25) is 5.02 Å². The molecular formula is C22H24ClN5O4S. The van der Waals surface area contributed by atoms with E-state index in [0.29, 0.717) is 47.5 Å². The molecule has 9 nitrogen and oxygen atoms in total. The van der Waals surface area contributed by atoms with Gasteiger partial charge in [-0.05, 0) is 61.6 Å². The van der Waals surface area contributed by atoms with Crippen molar-refractivity contribution in [2.24, 2.45) is 5.14 Å². The molecule has 1 heterocycles. The second kappa shape index (κ2) is 9.19. The number of benzene rings is 2. The molecule has 0 atom stereocenters. The molecule has 1 aromatic heterocycles. The first-order valence-corrected chi connectivity index (χ1v) is 12.4. The Labute approximate surface area is 196 Å². The van der Waals surface area contributed by atoms with Crippen LogP contribution in [-0.4, -0.2) is 30.7 Å². The van der Waals surface area contributed by atoms with E-state index in [9.17, 15) is 18.5 Å². The maximum absolute atomic E-state index is 13.6. The topological polar surface area (TPSA) is 132 Å². The minimum atomic E-state index is -3.77. The van der Waals surface area contributed by atoms with Crippen molar-refractivity contribution in [2.45, 2.75) is 44.3 Å². The molecule has 0 bridgehead atoms. The lowest BCUT2D eigenvalue weighted by molar-refractivity contribution is 0.309. The number of hydrogen-bond donors (Lipinski definition) is 2. The third-order valence-electron chi connectivity index (χ3n) is 6.04. The first-order valence-electron chi connectivity index (χ1n) is 10.5. The van der Waals surface area contributed by atoms with Crippen molar-refractivity contribution in [1.29, 1.82) is 5.26 Å². The van der Waals surface area contributed by atoms with Gasteiger partial charge in [-0.1, -0.05) is 17.7 Å². The molecule has 0 amide bonds. The Kier molecular flexibility index (Phi) is 6.50. The van der Waals surface area contributed by atoms with Crippen LogP contribution in [0.5, 0.6) is 5.75 Å². The summed E-state index contributed by atoms with van der Waals surface area (Å²) in [6.45, 7) is 0.281. The Hall–Kier alpha value is -2.84. The number of ether oxygens (including phenoxy) is 1. The van der Waals surface area contributed by atoms with Gasteiger partial charge in [0.1, 0.15) is 5.75 Å². The molecule has 1 aliphatic rings.